The Morgan fingerprint density at radius 3 is 2.31 bits per heavy atom. The SMILES string of the molecule is CC(C)N1CCC(C2=Cc3cc([N+](=O)[O-])ccc3S23OC(=O)C=CC(=O)O3)CC1. The van der Waals surface area contributed by atoms with E-state index in [1.807, 2.05) is 6.08 Å². The first-order valence-corrected chi connectivity index (χ1v) is 11.0. The molecule has 0 atom stereocenters. The molecule has 8 nitrogen and oxygen atoms in total. The molecule has 1 saturated heterocycles. The van der Waals surface area contributed by atoms with Crippen LogP contribution in [0.25, 0.3) is 6.08 Å². The molecule has 3 aliphatic rings. The molecule has 1 aromatic rings. The first-order chi connectivity index (χ1) is 13.8. The number of nitro benzene ring substituents is 1. The third kappa shape index (κ3) is 3.44. The molecule has 4 rings (SSSR count). The fourth-order valence-electron chi connectivity index (χ4n) is 4.03. The highest BCUT2D eigenvalue weighted by atomic mass is 32.3. The number of hydrogen-bond donors (Lipinski definition) is 0. The lowest BCUT2D eigenvalue weighted by atomic mass is 9.94. The van der Waals surface area contributed by atoms with Crippen LogP contribution in [0.1, 0.15) is 32.3 Å². The van der Waals surface area contributed by atoms with Crippen molar-refractivity contribution in [3.63, 3.8) is 0 Å². The highest BCUT2D eigenvalue weighted by molar-refractivity contribution is 8.30. The van der Waals surface area contributed by atoms with Gasteiger partial charge in [0.2, 0.25) is 0 Å². The normalized spacial score (nSPS) is 22.7. The van der Waals surface area contributed by atoms with E-state index in [1.165, 1.54) is 12.1 Å². The second-order valence-corrected chi connectivity index (χ2v) is 9.82. The summed E-state index contributed by atoms with van der Waals surface area (Å²) in [5, 5.41) is 11.2. The summed E-state index contributed by atoms with van der Waals surface area (Å²) in [6, 6.07) is 4.78. The second kappa shape index (κ2) is 7.31. The van der Waals surface area contributed by atoms with E-state index in [4.69, 9.17) is 8.37 Å². The highest BCUT2D eigenvalue weighted by Gasteiger charge is 2.45. The molecule has 0 bridgehead atoms. The fourth-order valence-corrected chi connectivity index (χ4v) is 6.89. The van der Waals surface area contributed by atoms with Gasteiger partial charge in [0, 0.05) is 41.8 Å². The third-order valence-corrected chi connectivity index (χ3v) is 8.34. The summed E-state index contributed by atoms with van der Waals surface area (Å²) < 4.78 is 11.5. The van der Waals surface area contributed by atoms with Crippen molar-refractivity contribution in [3.8, 4) is 0 Å². The Balaban J connectivity index is 1.77. The topological polar surface area (TPSA) is 99.0 Å². The minimum absolute atomic E-state index is 0.0603. The summed E-state index contributed by atoms with van der Waals surface area (Å²) in [5.74, 6) is -1.24. The first-order valence-electron chi connectivity index (χ1n) is 9.52. The van der Waals surface area contributed by atoms with Crippen LogP contribution >= 0.6 is 10.6 Å². The van der Waals surface area contributed by atoms with Crippen LogP contribution in [0.3, 0.4) is 0 Å². The average molecular weight is 418 g/mol. The Bertz CT molecular complexity index is 926. The number of allylic oxidation sites excluding steroid dienone is 1. The van der Waals surface area contributed by atoms with Gasteiger partial charge in [0.15, 0.2) is 0 Å². The van der Waals surface area contributed by atoms with Crippen LogP contribution in [-0.4, -0.2) is 40.9 Å². The zero-order chi connectivity index (χ0) is 20.8. The Labute approximate surface area is 170 Å². The summed E-state index contributed by atoms with van der Waals surface area (Å²) in [4.78, 5) is 39.0. The van der Waals surface area contributed by atoms with Gasteiger partial charge in [0.25, 0.3) is 5.69 Å². The van der Waals surface area contributed by atoms with Gasteiger partial charge in [-0.25, -0.2) is 9.59 Å². The van der Waals surface area contributed by atoms with Crippen molar-refractivity contribution in [2.45, 2.75) is 37.6 Å². The molecule has 3 aliphatic heterocycles. The summed E-state index contributed by atoms with van der Waals surface area (Å²) in [6.07, 6.45) is 5.60. The molecule has 0 aromatic heterocycles. The van der Waals surface area contributed by atoms with Crippen LogP contribution in [0.5, 0.6) is 0 Å². The van der Waals surface area contributed by atoms with Crippen LogP contribution in [-0.2, 0) is 18.0 Å². The van der Waals surface area contributed by atoms with Gasteiger partial charge in [-0.3, -0.25) is 10.1 Å². The Hall–Kier alpha value is -2.65. The number of piperidine rings is 1. The van der Waals surface area contributed by atoms with Crippen molar-refractivity contribution in [1.82, 2.24) is 4.90 Å². The standard InChI is InChI=1S/C20H22N2O6S/c1-13(2)21-9-7-14(8-10-21)18-12-15-11-16(22(25)26)3-4-17(15)29(18)27-19(23)5-6-20(24)28-29/h3-6,11-14H,7-10H2,1-2H3. The van der Waals surface area contributed by atoms with Gasteiger partial charge >= 0.3 is 11.9 Å². The molecule has 1 fully saturated rings. The van der Waals surface area contributed by atoms with Crippen molar-refractivity contribution < 1.29 is 22.9 Å². The van der Waals surface area contributed by atoms with E-state index < -0.39 is 27.5 Å². The maximum Gasteiger partial charge on any atom is 0.354 e. The average Bonchev–Trinajstić information content (AvgIpc) is 2.89. The van der Waals surface area contributed by atoms with E-state index in [2.05, 4.69) is 18.7 Å². The maximum atomic E-state index is 12.3. The smallest absolute Gasteiger partial charge is 0.331 e. The molecule has 3 heterocycles. The lowest BCUT2D eigenvalue weighted by Gasteiger charge is -2.44. The molecular weight excluding hydrogens is 396 g/mol. The lowest BCUT2D eigenvalue weighted by molar-refractivity contribution is -0.384. The highest BCUT2D eigenvalue weighted by Crippen LogP contribution is 2.72. The quantitative estimate of drug-likeness (QED) is 0.545. The van der Waals surface area contributed by atoms with E-state index >= 15 is 0 Å². The Morgan fingerprint density at radius 2 is 1.76 bits per heavy atom. The van der Waals surface area contributed by atoms with E-state index in [1.54, 1.807) is 6.07 Å². The number of carbonyl (C=O) groups is 2. The van der Waals surface area contributed by atoms with E-state index in [0.29, 0.717) is 16.5 Å². The number of hydrogen-bond acceptors (Lipinski definition) is 7. The molecule has 0 radical (unpaired) electrons. The van der Waals surface area contributed by atoms with Crippen LogP contribution in [0.2, 0.25) is 0 Å². The number of rotatable bonds is 3. The zero-order valence-electron chi connectivity index (χ0n) is 16.2. The summed E-state index contributed by atoms with van der Waals surface area (Å²) in [5.41, 5.74) is 0.507. The van der Waals surface area contributed by atoms with Crippen molar-refractivity contribution in [2.24, 2.45) is 5.92 Å². The molecule has 0 unspecified atom stereocenters. The van der Waals surface area contributed by atoms with Gasteiger partial charge < -0.3 is 13.3 Å². The molecule has 0 saturated carbocycles. The second-order valence-electron chi connectivity index (χ2n) is 7.57. The van der Waals surface area contributed by atoms with Crippen LogP contribution in [0.15, 0.2) is 40.2 Å². The first kappa shape index (κ1) is 19.7. The predicted octanol–water partition coefficient (Wildman–Crippen LogP) is 3.72. The van der Waals surface area contributed by atoms with Crippen LogP contribution in [0, 0.1) is 16.0 Å². The molecule has 0 amide bonds. The number of non-ortho nitro benzene ring substituents is 1. The minimum atomic E-state index is -2.82. The number of nitrogens with zero attached hydrogens (tertiary/aromatic N) is 2. The molecule has 154 valence electrons. The van der Waals surface area contributed by atoms with Crippen LogP contribution in [0.4, 0.5) is 5.69 Å². The minimum Gasteiger partial charge on any atom is -0.331 e. The summed E-state index contributed by atoms with van der Waals surface area (Å²) in [6.45, 7) is 6.06. The molecule has 0 N–H and O–H groups in total. The van der Waals surface area contributed by atoms with Crippen molar-refractivity contribution in [1.29, 1.82) is 0 Å². The fraction of sp³-hybridized carbons (Fsp3) is 0.400. The molecular formula is C20H22N2O6S. The van der Waals surface area contributed by atoms with E-state index in [-0.39, 0.29) is 11.6 Å². The largest absolute Gasteiger partial charge is 0.354 e. The monoisotopic (exact) mass is 418 g/mol. The van der Waals surface area contributed by atoms with Gasteiger partial charge in [-0.1, -0.05) is 10.6 Å². The van der Waals surface area contributed by atoms with Gasteiger partial charge in [-0.05, 0) is 51.9 Å². The molecule has 0 aliphatic carbocycles. The van der Waals surface area contributed by atoms with E-state index in [9.17, 15) is 19.7 Å². The number of fused-ring (bicyclic) bond motifs is 2. The van der Waals surface area contributed by atoms with Crippen LogP contribution < -0.4 is 0 Å². The number of benzene rings is 1. The number of likely N-dealkylation sites (tertiary alicyclic amines) is 1. The maximum absolute atomic E-state index is 12.3. The number of carbonyl (C=O) groups excluding carboxylic acids is 2. The lowest BCUT2D eigenvalue weighted by Crippen LogP contribution is -2.39. The van der Waals surface area contributed by atoms with Crippen molar-refractivity contribution in [2.75, 3.05) is 13.1 Å². The molecule has 1 spiro atoms. The molecule has 9 heteroatoms. The summed E-state index contributed by atoms with van der Waals surface area (Å²) in [7, 11) is -2.82. The zero-order valence-corrected chi connectivity index (χ0v) is 17.0. The van der Waals surface area contributed by atoms with Crippen molar-refractivity contribution >= 4 is 34.3 Å². The van der Waals surface area contributed by atoms with Crippen molar-refractivity contribution in [3.05, 3.63) is 50.9 Å². The summed E-state index contributed by atoms with van der Waals surface area (Å²) >= 11 is 0. The Kier molecular flexibility index (Phi) is 4.95. The number of nitro groups is 1. The van der Waals surface area contributed by atoms with E-state index in [0.717, 1.165) is 43.0 Å². The predicted molar refractivity (Wildman–Crippen MR) is 108 cm³/mol. The van der Waals surface area contributed by atoms with Gasteiger partial charge in [0.1, 0.15) is 0 Å². The van der Waals surface area contributed by atoms with Gasteiger partial charge in [-0.15, -0.1) is 0 Å². The molecule has 29 heavy (non-hydrogen) atoms. The molecule has 1 aromatic carbocycles. The third-order valence-electron chi connectivity index (χ3n) is 5.52. The van der Waals surface area contributed by atoms with Gasteiger partial charge in [0.05, 0.1) is 14.7 Å². The van der Waals surface area contributed by atoms with Gasteiger partial charge in [-0.2, -0.15) is 0 Å². The Morgan fingerprint density at radius 1 is 1.14 bits per heavy atom.